The third-order valence-corrected chi connectivity index (χ3v) is 6.03. The van der Waals surface area contributed by atoms with E-state index in [1.165, 1.54) is 6.92 Å². The Labute approximate surface area is 124 Å². The summed E-state index contributed by atoms with van der Waals surface area (Å²) in [5, 5.41) is 15.1. The van der Waals surface area contributed by atoms with Gasteiger partial charge in [-0.2, -0.15) is 5.10 Å². The maximum atomic E-state index is 12.5. The molecule has 1 aromatic rings. The molecular weight excluding hydrogens is 294 g/mol. The number of aromatic nitrogens is 2. The smallest absolute Gasteiger partial charge is 0.357 e. The van der Waals surface area contributed by atoms with E-state index in [1.807, 2.05) is 6.92 Å². The molecular formula is C13H21N3O4S. The van der Waals surface area contributed by atoms with Gasteiger partial charge in [-0.25, -0.2) is 17.9 Å². The SMILES string of the molecule is Cc1[nH]nc(C(=O)O)c1S(=O)(=O)NC1CCCC(C)C1C. The van der Waals surface area contributed by atoms with Crippen molar-refractivity contribution < 1.29 is 18.3 Å². The van der Waals surface area contributed by atoms with Gasteiger partial charge in [-0.15, -0.1) is 0 Å². The molecule has 0 aromatic carbocycles. The molecule has 0 amide bonds. The van der Waals surface area contributed by atoms with Gasteiger partial charge in [0, 0.05) is 6.04 Å². The van der Waals surface area contributed by atoms with Crippen molar-refractivity contribution >= 4 is 16.0 Å². The number of nitrogens with one attached hydrogen (secondary N) is 2. The lowest BCUT2D eigenvalue weighted by Gasteiger charge is -2.34. The van der Waals surface area contributed by atoms with Crippen molar-refractivity contribution in [2.75, 3.05) is 0 Å². The Balaban J connectivity index is 2.31. The number of H-pyrrole nitrogens is 1. The molecule has 1 aliphatic carbocycles. The fourth-order valence-electron chi connectivity index (χ4n) is 2.90. The van der Waals surface area contributed by atoms with Crippen molar-refractivity contribution in [3.05, 3.63) is 11.4 Å². The van der Waals surface area contributed by atoms with Crippen LogP contribution in [0, 0.1) is 18.8 Å². The van der Waals surface area contributed by atoms with Crippen LogP contribution in [0.25, 0.3) is 0 Å². The maximum Gasteiger partial charge on any atom is 0.357 e. The second-order valence-electron chi connectivity index (χ2n) is 5.83. The lowest BCUT2D eigenvalue weighted by atomic mass is 9.78. The minimum Gasteiger partial charge on any atom is -0.476 e. The van der Waals surface area contributed by atoms with Gasteiger partial charge in [-0.1, -0.05) is 26.7 Å². The predicted molar refractivity (Wildman–Crippen MR) is 76.6 cm³/mol. The van der Waals surface area contributed by atoms with E-state index < -0.39 is 21.7 Å². The third-order valence-electron chi connectivity index (χ3n) is 4.38. The Hall–Kier alpha value is -1.41. The summed E-state index contributed by atoms with van der Waals surface area (Å²) in [4.78, 5) is 10.9. The molecule has 118 valence electrons. The van der Waals surface area contributed by atoms with Crippen LogP contribution in [0.3, 0.4) is 0 Å². The van der Waals surface area contributed by atoms with E-state index in [0.29, 0.717) is 5.92 Å². The van der Waals surface area contributed by atoms with Crippen molar-refractivity contribution in [1.82, 2.24) is 14.9 Å². The number of hydrogen-bond acceptors (Lipinski definition) is 4. The van der Waals surface area contributed by atoms with E-state index in [-0.39, 0.29) is 22.5 Å². The van der Waals surface area contributed by atoms with Gasteiger partial charge in [0.1, 0.15) is 4.90 Å². The van der Waals surface area contributed by atoms with Gasteiger partial charge in [-0.05, 0) is 25.2 Å². The number of carbonyl (C=O) groups is 1. The first kappa shape index (κ1) is 16.0. The van der Waals surface area contributed by atoms with Gasteiger partial charge in [0.05, 0.1) is 5.69 Å². The topological polar surface area (TPSA) is 112 Å². The summed E-state index contributed by atoms with van der Waals surface area (Å²) in [5.41, 5.74) is -0.229. The summed E-state index contributed by atoms with van der Waals surface area (Å²) in [6, 6.07) is -0.172. The highest BCUT2D eigenvalue weighted by Crippen LogP contribution is 2.31. The second-order valence-corrected chi connectivity index (χ2v) is 7.48. The number of carboxylic acids is 1. The normalized spacial score (nSPS) is 26.7. The number of carboxylic acid groups (broad SMARTS) is 1. The number of sulfonamides is 1. The molecule has 2 rings (SSSR count). The summed E-state index contributed by atoms with van der Waals surface area (Å²) < 4.78 is 27.7. The molecule has 0 saturated heterocycles. The fourth-order valence-corrected chi connectivity index (χ4v) is 4.58. The van der Waals surface area contributed by atoms with E-state index in [9.17, 15) is 13.2 Å². The minimum atomic E-state index is -3.90. The van der Waals surface area contributed by atoms with Gasteiger partial charge >= 0.3 is 5.97 Å². The fraction of sp³-hybridized carbons (Fsp3) is 0.692. The Morgan fingerprint density at radius 2 is 2.05 bits per heavy atom. The highest BCUT2D eigenvalue weighted by Gasteiger charge is 2.34. The molecule has 1 saturated carbocycles. The van der Waals surface area contributed by atoms with Gasteiger partial charge in [0.25, 0.3) is 0 Å². The molecule has 0 spiro atoms. The van der Waals surface area contributed by atoms with E-state index in [1.54, 1.807) is 0 Å². The Morgan fingerprint density at radius 3 is 2.67 bits per heavy atom. The molecule has 7 nitrogen and oxygen atoms in total. The molecule has 0 bridgehead atoms. The number of rotatable bonds is 4. The number of nitrogens with zero attached hydrogens (tertiary/aromatic N) is 1. The van der Waals surface area contributed by atoms with Gasteiger partial charge in [0.15, 0.2) is 5.69 Å². The van der Waals surface area contributed by atoms with Crippen molar-refractivity contribution in [2.45, 2.75) is 51.0 Å². The van der Waals surface area contributed by atoms with Crippen LogP contribution in [0.15, 0.2) is 4.90 Å². The van der Waals surface area contributed by atoms with Crippen molar-refractivity contribution in [3.63, 3.8) is 0 Å². The standard InChI is InChI=1S/C13H21N3O4S/c1-7-5-4-6-10(8(7)2)16-21(19,20)12-9(3)14-15-11(12)13(17)18/h7-8,10,16H,4-6H2,1-3H3,(H,14,15)(H,17,18). The molecule has 1 aromatic heterocycles. The van der Waals surface area contributed by atoms with E-state index in [4.69, 9.17) is 5.11 Å². The summed E-state index contributed by atoms with van der Waals surface area (Å²) in [6.07, 6.45) is 2.82. The van der Waals surface area contributed by atoms with Gasteiger partial charge < -0.3 is 5.11 Å². The van der Waals surface area contributed by atoms with Crippen LogP contribution in [0.2, 0.25) is 0 Å². The highest BCUT2D eigenvalue weighted by molar-refractivity contribution is 7.89. The Bertz CT molecular complexity index is 638. The summed E-state index contributed by atoms with van der Waals surface area (Å²) in [7, 11) is -3.90. The summed E-state index contributed by atoms with van der Waals surface area (Å²) in [6.45, 7) is 5.63. The molecule has 21 heavy (non-hydrogen) atoms. The monoisotopic (exact) mass is 315 g/mol. The average Bonchev–Trinajstić information content (AvgIpc) is 2.78. The van der Waals surface area contributed by atoms with Crippen LogP contribution in [0.1, 0.15) is 49.3 Å². The summed E-state index contributed by atoms with van der Waals surface area (Å²) >= 11 is 0. The molecule has 3 unspecified atom stereocenters. The first-order valence-electron chi connectivity index (χ1n) is 7.04. The van der Waals surface area contributed by atoms with Crippen molar-refractivity contribution in [1.29, 1.82) is 0 Å². The average molecular weight is 315 g/mol. The first-order valence-corrected chi connectivity index (χ1v) is 8.53. The third kappa shape index (κ3) is 3.11. The molecule has 0 aliphatic heterocycles. The van der Waals surface area contributed by atoms with Crippen LogP contribution in [0.5, 0.6) is 0 Å². The molecule has 3 atom stereocenters. The number of hydrogen-bond donors (Lipinski definition) is 3. The zero-order valence-corrected chi connectivity index (χ0v) is 13.2. The molecule has 0 radical (unpaired) electrons. The quantitative estimate of drug-likeness (QED) is 0.780. The van der Waals surface area contributed by atoms with E-state index in [2.05, 4.69) is 21.8 Å². The first-order chi connectivity index (χ1) is 9.74. The highest BCUT2D eigenvalue weighted by atomic mass is 32.2. The Kier molecular flexibility index (Phi) is 4.38. The molecule has 1 heterocycles. The minimum absolute atomic E-state index is 0.172. The lowest BCUT2D eigenvalue weighted by Crippen LogP contribution is -2.44. The van der Waals surface area contributed by atoms with Gasteiger partial charge in [0.2, 0.25) is 10.0 Å². The number of aromatic amines is 1. The van der Waals surface area contributed by atoms with Crippen molar-refractivity contribution in [2.24, 2.45) is 11.8 Å². The van der Waals surface area contributed by atoms with Crippen LogP contribution in [-0.2, 0) is 10.0 Å². The molecule has 8 heteroatoms. The molecule has 1 fully saturated rings. The molecule has 1 aliphatic rings. The van der Waals surface area contributed by atoms with Crippen LogP contribution in [0.4, 0.5) is 0 Å². The zero-order valence-electron chi connectivity index (χ0n) is 12.4. The summed E-state index contributed by atoms with van der Waals surface area (Å²) in [5.74, 6) is -0.699. The lowest BCUT2D eigenvalue weighted by molar-refractivity contribution is 0.0686. The number of aromatic carboxylic acids is 1. The molecule has 3 N–H and O–H groups in total. The largest absolute Gasteiger partial charge is 0.476 e. The van der Waals surface area contributed by atoms with Crippen molar-refractivity contribution in [3.8, 4) is 0 Å². The Morgan fingerprint density at radius 1 is 1.38 bits per heavy atom. The second kappa shape index (κ2) is 5.76. The van der Waals surface area contributed by atoms with E-state index >= 15 is 0 Å². The van der Waals surface area contributed by atoms with E-state index in [0.717, 1.165) is 19.3 Å². The van der Waals surface area contributed by atoms with Gasteiger partial charge in [-0.3, -0.25) is 5.10 Å². The number of aryl methyl sites for hydroxylation is 1. The van der Waals surface area contributed by atoms with Crippen LogP contribution >= 0.6 is 0 Å². The maximum absolute atomic E-state index is 12.5. The predicted octanol–water partition coefficient (Wildman–Crippen LogP) is 1.52. The zero-order chi connectivity index (χ0) is 15.8. The van der Waals surface area contributed by atoms with Crippen LogP contribution in [-0.4, -0.2) is 35.7 Å². The van der Waals surface area contributed by atoms with Crippen LogP contribution < -0.4 is 4.72 Å².